The zero-order valence-corrected chi connectivity index (χ0v) is 7.31. The van der Waals surface area contributed by atoms with Crippen molar-refractivity contribution in [1.82, 2.24) is 9.97 Å². The number of aliphatic hydroxyl groups excluding tert-OH is 1. The number of aromatic nitrogens is 2. The summed E-state index contributed by atoms with van der Waals surface area (Å²) in [6.45, 7) is -0.0241. The van der Waals surface area contributed by atoms with Gasteiger partial charge in [-0.05, 0) is 19.3 Å². The van der Waals surface area contributed by atoms with E-state index in [9.17, 15) is 0 Å². The van der Waals surface area contributed by atoms with Crippen LogP contribution in [0.15, 0.2) is 12.4 Å². The third-order valence-electron chi connectivity index (χ3n) is 2.19. The molecule has 0 atom stereocenters. The lowest BCUT2D eigenvalue weighted by atomic mass is 9.96. The van der Waals surface area contributed by atoms with E-state index in [0.29, 0.717) is 17.7 Å². The zero-order chi connectivity index (χ0) is 9.10. The zero-order valence-electron chi connectivity index (χ0n) is 7.31. The summed E-state index contributed by atoms with van der Waals surface area (Å²) < 4.78 is 5.45. The summed E-state index contributed by atoms with van der Waals surface area (Å²) >= 11 is 0. The molecule has 2 rings (SSSR count). The number of ether oxygens (including phenoxy) is 1. The van der Waals surface area contributed by atoms with Gasteiger partial charge in [0, 0.05) is 18.0 Å². The molecule has 0 bridgehead atoms. The molecule has 0 aromatic carbocycles. The van der Waals surface area contributed by atoms with Gasteiger partial charge in [-0.1, -0.05) is 0 Å². The standard InChI is InChI=1S/C9H12N2O2/c12-6-7-4-10-9(11-5-7)13-8-2-1-3-8/h4-5,8,12H,1-3,6H2. The van der Waals surface area contributed by atoms with Gasteiger partial charge in [0.15, 0.2) is 0 Å². The van der Waals surface area contributed by atoms with Crippen LogP contribution in [-0.4, -0.2) is 21.2 Å². The molecule has 13 heavy (non-hydrogen) atoms. The summed E-state index contributed by atoms with van der Waals surface area (Å²) in [4.78, 5) is 7.96. The predicted molar refractivity (Wildman–Crippen MR) is 46.2 cm³/mol. The van der Waals surface area contributed by atoms with Crippen LogP contribution < -0.4 is 4.74 Å². The minimum atomic E-state index is -0.0241. The summed E-state index contributed by atoms with van der Waals surface area (Å²) in [5.74, 6) is 0. The third-order valence-corrected chi connectivity index (χ3v) is 2.19. The summed E-state index contributed by atoms with van der Waals surface area (Å²) in [6, 6.07) is 0.418. The van der Waals surface area contributed by atoms with Gasteiger partial charge in [0.2, 0.25) is 0 Å². The average molecular weight is 180 g/mol. The highest BCUT2D eigenvalue weighted by Gasteiger charge is 2.19. The van der Waals surface area contributed by atoms with E-state index < -0.39 is 0 Å². The molecule has 4 heteroatoms. The van der Waals surface area contributed by atoms with Gasteiger partial charge in [0.1, 0.15) is 6.10 Å². The molecule has 1 N–H and O–H groups in total. The van der Waals surface area contributed by atoms with Crippen molar-refractivity contribution in [1.29, 1.82) is 0 Å². The van der Waals surface area contributed by atoms with Gasteiger partial charge in [-0.3, -0.25) is 0 Å². The van der Waals surface area contributed by atoms with E-state index in [1.54, 1.807) is 12.4 Å². The third kappa shape index (κ3) is 1.95. The first-order valence-electron chi connectivity index (χ1n) is 4.47. The fourth-order valence-corrected chi connectivity index (χ4v) is 1.12. The molecule has 0 amide bonds. The molecule has 0 saturated heterocycles. The molecule has 70 valence electrons. The van der Waals surface area contributed by atoms with E-state index in [0.717, 1.165) is 12.8 Å². The molecule has 4 nitrogen and oxygen atoms in total. The Morgan fingerprint density at radius 3 is 2.54 bits per heavy atom. The quantitative estimate of drug-likeness (QED) is 0.750. The number of hydrogen-bond acceptors (Lipinski definition) is 4. The van der Waals surface area contributed by atoms with Gasteiger partial charge in [0.25, 0.3) is 0 Å². The van der Waals surface area contributed by atoms with Gasteiger partial charge in [-0.2, -0.15) is 0 Å². The van der Waals surface area contributed by atoms with Crippen LogP contribution in [0.2, 0.25) is 0 Å². The SMILES string of the molecule is OCc1cnc(OC2CCC2)nc1. The van der Waals surface area contributed by atoms with Crippen LogP contribution in [0.3, 0.4) is 0 Å². The van der Waals surface area contributed by atoms with E-state index in [2.05, 4.69) is 9.97 Å². The molecule has 0 radical (unpaired) electrons. The number of rotatable bonds is 3. The van der Waals surface area contributed by atoms with E-state index in [1.165, 1.54) is 6.42 Å². The Morgan fingerprint density at radius 1 is 1.38 bits per heavy atom. The van der Waals surface area contributed by atoms with E-state index in [-0.39, 0.29) is 6.61 Å². The molecule has 0 spiro atoms. The minimum absolute atomic E-state index is 0.0241. The molecule has 1 saturated carbocycles. The predicted octanol–water partition coefficient (Wildman–Crippen LogP) is 0.900. The summed E-state index contributed by atoms with van der Waals surface area (Å²) in [5.41, 5.74) is 0.709. The summed E-state index contributed by atoms with van der Waals surface area (Å²) in [6.07, 6.45) is 6.91. The Balaban J connectivity index is 1.96. The van der Waals surface area contributed by atoms with Crippen LogP contribution in [0.4, 0.5) is 0 Å². The fourth-order valence-electron chi connectivity index (χ4n) is 1.12. The number of hydrogen-bond donors (Lipinski definition) is 1. The molecule has 1 aliphatic rings. The Morgan fingerprint density at radius 2 is 2.08 bits per heavy atom. The fraction of sp³-hybridized carbons (Fsp3) is 0.556. The summed E-state index contributed by atoms with van der Waals surface area (Å²) in [7, 11) is 0. The van der Waals surface area contributed by atoms with Crippen molar-refractivity contribution in [2.45, 2.75) is 32.0 Å². The maximum absolute atomic E-state index is 8.75. The van der Waals surface area contributed by atoms with Crippen molar-refractivity contribution in [2.24, 2.45) is 0 Å². The molecule has 1 aromatic rings. The van der Waals surface area contributed by atoms with E-state index >= 15 is 0 Å². The van der Waals surface area contributed by atoms with Crippen LogP contribution in [0, 0.1) is 0 Å². The van der Waals surface area contributed by atoms with Gasteiger partial charge in [-0.15, -0.1) is 0 Å². The largest absolute Gasteiger partial charge is 0.460 e. The van der Waals surface area contributed by atoms with Crippen molar-refractivity contribution in [3.63, 3.8) is 0 Å². The molecule has 1 aliphatic carbocycles. The second kappa shape index (κ2) is 3.70. The Bertz CT molecular complexity index is 269. The Kier molecular flexibility index (Phi) is 2.40. The van der Waals surface area contributed by atoms with Crippen LogP contribution >= 0.6 is 0 Å². The van der Waals surface area contributed by atoms with Crippen molar-refractivity contribution >= 4 is 0 Å². The lowest BCUT2D eigenvalue weighted by Gasteiger charge is -2.24. The van der Waals surface area contributed by atoms with Crippen LogP contribution in [0.25, 0.3) is 0 Å². The molecule has 1 fully saturated rings. The lowest BCUT2D eigenvalue weighted by molar-refractivity contribution is 0.108. The molecule has 1 heterocycles. The van der Waals surface area contributed by atoms with Gasteiger partial charge < -0.3 is 9.84 Å². The minimum Gasteiger partial charge on any atom is -0.460 e. The topological polar surface area (TPSA) is 55.2 Å². The van der Waals surface area contributed by atoms with Gasteiger partial charge in [-0.25, -0.2) is 9.97 Å². The Labute approximate surface area is 76.6 Å². The maximum atomic E-state index is 8.75. The first-order chi connectivity index (χ1) is 6.38. The molecule has 0 unspecified atom stereocenters. The van der Waals surface area contributed by atoms with Gasteiger partial charge >= 0.3 is 6.01 Å². The monoisotopic (exact) mass is 180 g/mol. The van der Waals surface area contributed by atoms with E-state index in [4.69, 9.17) is 9.84 Å². The Hall–Kier alpha value is -1.16. The van der Waals surface area contributed by atoms with Crippen LogP contribution in [0.1, 0.15) is 24.8 Å². The van der Waals surface area contributed by atoms with Crippen molar-refractivity contribution in [3.8, 4) is 6.01 Å². The van der Waals surface area contributed by atoms with Crippen molar-refractivity contribution in [3.05, 3.63) is 18.0 Å². The lowest BCUT2D eigenvalue weighted by Crippen LogP contribution is -2.25. The highest BCUT2D eigenvalue weighted by atomic mass is 16.5. The molecular formula is C9H12N2O2. The van der Waals surface area contributed by atoms with Crippen molar-refractivity contribution < 1.29 is 9.84 Å². The number of aliphatic hydroxyl groups is 1. The number of nitrogens with zero attached hydrogens (tertiary/aromatic N) is 2. The van der Waals surface area contributed by atoms with Crippen LogP contribution in [-0.2, 0) is 6.61 Å². The van der Waals surface area contributed by atoms with E-state index in [1.807, 2.05) is 0 Å². The molecule has 0 aliphatic heterocycles. The average Bonchev–Trinajstić information content (AvgIpc) is 2.12. The first-order valence-corrected chi connectivity index (χ1v) is 4.47. The maximum Gasteiger partial charge on any atom is 0.316 e. The van der Waals surface area contributed by atoms with Gasteiger partial charge in [0.05, 0.1) is 6.61 Å². The highest BCUT2D eigenvalue weighted by Crippen LogP contribution is 2.22. The molecular weight excluding hydrogens is 168 g/mol. The molecule has 1 aromatic heterocycles. The first kappa shape index (κ1) is 8.44. The summed E-state index contributed by atoms with van der Waals surface area (Å²) in [5, 5.41) is 8.75. The highest BCUT2D eigenvalue weighted by molar-refractivity contribution is 5.06. The smallest absolute Gasteiger partial charge is 0.316 e. The normalized spacial score (nSPS) is 16.7. The van der Waals surface area contributed by atoms with Crippen molar-refractivity contribution in [2.75, 3.05) is 0 Å². The second-order valence-electron chi connectivity index (χ2n) is 3.20. The second-order valence-corrected chi connectivity index (χ2v) is 3.20. The van der Waals surface area contributed by atoms with Crippen LogP contribution in [0.5, 0.6) is 6.01 Å².